The van der Waals surface area contributed by atoms with Crippen LogP contribution >= 0.6 is 11.3 Å². The maximum atomic E-state index is 11.8. The first-order chi connectivity index (χ1) is 7.29. The van der Waals surface area contributed by atoms with Crippen LogP contribution in [0.5, 0.6) is 0 Å². The third-order valence-corrected chi connectivity index (χ3v) is 3.64. The van der Waals surface area contributed by atoms with Crippen molar-refractivity contribution in [3.8, 4) is 0 Å². The first-order valence-electron chi connectivity index (χ1n) is 5.11. The minimum Gasteiger partial charge on any atom is -0.380 e. The molecule has 0 bridgehead atoms. The van der Waals surface area contributed by atoms with Crippen LogP contribution in [0.2, 0.25) is 0 Å². The quantitative estimate of drug-likeness (QED) is 0.730. The van der Waals surface area contributed by atoms with Gasteiger partial charge in [0, 0.05) is 20.2 Å². The van der Waals surface area contributed by atoms with Gasteiger partial charge in [-0.05, 0) is 17.9 Å². The average molecular weight is 225 g/mol. The molecule has 0 amide bonds. The van der Waals surface area contributed by atoms with E-state index in [1.165, 1.54) is 11.3 Å². The lowest BCUT2D eigenvalue weighted by Crippen LogP contribution is -2.28. The molecule has 82 valence electrons. The fourth-order valence-corrected chi connectivity index (χ4v) is 2.51. The van der Waals surface area contributed by atoms with Gasteiger partial charge in [-0.15, -0.1) is 11.3 Å². The molecule has 2 rings (SSSR count). The maximum Gasteiger partial charge on any atom is 0.186 e. The number of Topliss-reactive ketones (excluding diaryl/α,β-unsaturated/α-hetero) is 1. The number of likely N-dealkylation sites (tertiary alicyclic amines) is 1. The second-order valence-corrected chi connectivity index (χ2v) is 4.73. The van der Waals surface area contributed by atoms with Crippen LogP contribution in [-0.2, 0) is 4.74 Å². The third-order valence-electron chi connectivity index (χ3n) is 2.73. The Morgan fingerprint density at radius 3 is 3.20 bits per heavy atom. The fourth-order valence-electron chi connectivity index (χ4n) is 1.85. The van der Waals surface area contributed by atoms with Crippen LogP contribution in [0.25, 0.3) is 0 Å². The van der Waals surface area contributed by atoms with Gasteiger partial charge in [-0.2, -0.15) is 0 Å². The molecule has 4 heteroatoms. The number of ether oxygens (including phenoxy) is 1. The molecule has 1 saturated heterocycles. The van der Waals surface area contributed by atoms with Crippen molar-refractivity contribution in [1.82, 2.24) is 4.90 Å². The number of ketones is 1. The van der Waals surface area contributed by atoms with E-state index in [0.717, 1.165) is 24.4 Å². The molecular formula is C11H15NO2S. The van der Waals surface area contributed by atoms with Gasteiger partial charge >= 0.3 is 0 Å². The van der Waals surface area contributed by atoms with Crippen LogP contribution in [0, 0.1) is 0 Å². The second-order valence-electron chi connectivity index (χ2n) is 3.78. The van der Waals surface area contributed by atoms with Crippen molar-refractivity contribution in [2.24, 2.45) is 0 Å². The summed E-state index contributed by atoms with van der Waals surface area (Å²) in [4.78, 5) is 14.8. The number of thiophene rings is 1. The molecular weight excluding hydrogens is 210 g/mol. The van der Waals surface area contributed by atoms with Crippen LogP contribution < -0.4 is 0 Å². The summed E-state index contributed by atoms with van der Waals surface area (Å²) < 4.78 is 5.26. The van der Waals surface area contributed by atoms with E-state index in [2.05, 4.69) is 4.90 Å². The van der Waals surface area contributed by atoms with Crippen molar-refractivity contribution >= 4 is 17.1 Å². The zero-order valence-electron chi connectivity index (χ0n) is 8.81. The van der Waals surface area contributed by atoms with Gasteiger partial charge < -0.3 is 4.74 Å². The number of hydrogen-bond donors (Lipinski definition) is 0. The van der Waals surface area contributed by atoms with Crippen LogP contribution in [0.3, 0.4) is 0 Å². The van der Waals surface area contributed by atoms with E-state index in [0.29, 0.717) is 12.6 Å². The van der Waals surface area contributed by atoms with Crippen molar-refractivity contribution in [1.29, 1.82) is 0 Å². The van der Waals surface area contributed by atoms with Crippen molar-refractivity contribution in [2.75, 3.05) is 26.7 Å². The lowest BCUT2D eigenvalue weighted by Gasteiger charge is -2.13. The molecule has 1 aromatic rings. The number of nitrogens with zero attached hydrogens (tertiary/aromatic N) is 1. The molecule has 1 aromatic heterocycles. The Balaban J connectivity index is 1.86. The highest BCUT2D eigenvalue weighted by Crippen LogP contribution is 2.14. The molecule has 0 spiro atoms. The van der Waals surface area contributed by atoms with E-state index < -0.39 is 0 Å². The second kappa shape index (κ2) is 4.88. The Bertz CT molecular complexity index is 323. The Labute approximate surface area is 93.7 Å². The summed E-state index contributed by atoms with van der Waals surface area (Å²) >= 11 is 1.51. The lowest BCUT2D eigenvalue weighted by molar-refractivity contribution is 0.0902. The van der Waals surface area contributed by atoms with E-state index in [4.69, 9.17) is 4.74 Å². The van der Waals surface area contributed by atoms with Crippen LogP contribution in [0.4, 0.5) is 0 Å². The van der Waals surface area contributed by atoms with Gasteiger partial charge in [0.05, 0.1) is 17.5 Å². The SMILES string of the molecule is COC1CCN(CC(=O)c2cccs2)C1. The Kier molecular flexibility index (Phi) is 3.51. The van der Waals surface area contributed by atoms with E-state index in [-0.39, 0.29) is 5.78 Å². The van der Waals surface area contributed by atoms with E-state index in [9.17, 15) is 4.79 Å². The summed E-state index contributed by atoms with van der Waals surface area (Å²) in [6.07, 6.45) is 1.34. The maximum absolute atomic E-state index is 11.8. The fraction of sp³-hybridized carbons (Fsp3) is 0.545. The zero-order valence-corrected chi connectivity index (χ0v) is 9.63. The van der Waals surface area contributed by atoms with Gasteiger partial charge in [-0.1, -0.05) is 6.07 Å². The topological polar surface area (TPSA) is 29.5 Å². The number of methoxy groups -OCH3 is 1. The number of hydrogen-bond acceptors (Lipinski definition) is 4. The molecule has 1 aliphatic heterocycles. The molecule has 0 saturated carbocycles. The summed E-state index contributed by atoms with van der Waals surface area (Å²) in [6.45, 7) is 2.38. The van der Waals surface area contributed by atoms with Crippen LogP contribution in [0.1, 0.15) is 16.1 Å². The van der Waals surface area contributed by atoms with E-state index in [1.54, 1.807) is 7.11 Å². The van der Waals surface area contributed by atoms with Crippen molar-refractivity contribution in [2.45, 2.75) is 12.5 Å². The Morgan fingerprint density at radius 1 is 1.73 bits per heavy atom. The smallest absolute Gasteiger partial charge is 0.186 e. The molecule has 1 fully saturated rings. The first-order valence-corrected chi connectivity index (χ1v) is 5.99. The number of carbonyl (C=O) groups excluding carboxylic acids is 1. The van der Waals surface area contributed by atoms with Crippen LogP contribution in [0.15, 0.2) is 17.5 Å². The Hall–Kier alpha value is -0.710. The summed E-state index contributed by atoms with van der Waals surface area (Å²) in [7, 11) is 1.73. The largest absolute Gasteiger partial charge is 0.380 e. The molecule has 1 aliphatic rings. The molecule has 3 nitrogen and oxygen atoms in total. The lowest BCUT2D eigenvalue weighted by atomic mass is 10.3. The van der Waals surface area contributed by atoms with Gasteiger partial charge in [0.25, 0.3) is 0 Å². The third kappa shape index (κ3) is 2.65. The van der Waals surface area contributed by atoms with Crippen LogP contribution in [-0.4, -0.2) is 43.5 Å². The monoisotopic (exact) mass is 225 g/mol. The van der Waals surface area contributed by atoms with Crippen molar-refractivity contribution in [3.05, 3.63) is 22.4 Å². The predicted molar refractivity (Wildman–Crippen MR) is 60.5 cm³/mol. The van der Waals surface area contributed by atoms with Gasteiger partial charge in [0.15, 0.2) is 5.78 Å². The highest BCUT2D eigenvalue weighted by Gasteiger charge is 2.24. The summed E-state index contributed by atoms with van der Waals surface area (Å²) in [6, 6.07) is 3.80. The number of rotatable bonds is 4. The summed E-state index contributed by atoms with van der Waals surface area (Å²) in [5.41, 5.74) is 0. The van der Waals surface area contributed by atoms with Gasteiger partial charge in [0.2, 0.25) is 0 Å². The summed E-state index contributed by atoms with van der Waals surface area (Å²) in [5, 5.41) is 1.94. The van der Waals surface area contributed by atoms with Gasteiger partial charge in [-0.3, -0.25) is 9.69 Å². The molecule has 15 heavy (non-hydrogen) atoms. The van der Waals surface area contributed by atoms with E-state index >= 15 is 0 Å². The van der Waals surface area contributed by atoms with Crippen molar-refractivity contribution < 1.29 is 9.53 Å². The minimum absolute atomic E-state index is 0.224. The molecule has 0 aromatic carbocycles. The summed E-state index contributed by atoms with van der Waals surface area (Å²) in [5.74, 6) is 0.224. The first kappa shape index (κ1) is 10.8. The predicted octanol–water partition coefficient (Wildman–Crippen LogP) is 1.65. The molecule has 1 unspecified atom stereocenters. The highest BCUT2D eigenvalue weighted by molar-refractivity contribution is 7.12. The molecule has 0 N–H and O–H groups in total. The average Bonchev–Trinajstić information content (AvgIpc) is 2.87. The van der Waals surface area contributed by atoms with Gasteiger partial charge in [0.1, 0.15) is 0 Å². The molecule has 1 atom stereocenters. The number of carbonyl (C=O) groups is 1. The highest BCUT2D eigenvalue weighted by atomic mass is 32.1. The molecule has 0 radical (unpaired) electrons. The standard InChI is InChI=1S/C11H15NO2S/c1-14-9-4-5-12(7-9)8-10(13)11-3-2-6-15-11/h2-3,6,9H,4-5,7-8H2,1H3. The zero-order chi connectivity index (χ0) is 10.7. The Morgan fingerprint density at radius 2 is 2.60 bits per heavy atom. The van der Waals surface area contributed by atoms with Crippen molar-refractivity contribution in [3.63, 3.8) is 0 Å². The minimum atomic E-state index is 0.224. The van der Waals surface area contributed by atoms with Gasteiger partial charge in [-0.25, -0.2) is 0 Å². The van der Waals surface area contributed by atoms with E-state index in [1.807, 2.05) is 17.5 Å². The normalized spacial score (nSPS) is 22.1. The molecule has 0 aliphatic carbocycles. The molecule has 2 heterocycles.